The number of likely N-dealkylation sites (tertiary alicyclic amines) is 1. The van der Waals surface area contributed by atoms with Gasteiger partial charge in [0.1, 0.15) is 11.4 Å². The fraction of sp³-hybridized carbons (Fsp3) is 0.333. The number of aromatic nitrogens is 5. The van der Waals surface area contributed by atoms with Gasteiger partial charge in [0.25, 0.3) is 5.91 Å². The first-order chi connectivity index (χ1) is 14.7. The molecule has 0 radical (unpaired) electrons. The maximum absolute atomic E-state index is 12.9. The van der Waals surface area contributed by atoms with Crippen LogP contribution < -0.4 is 15.9 Å². The molecule has 3 aromatic rings. The number of nitrogens with two attached hydrogens (primary N) is 1. The zero-order valence-electron chi connectivity index (χ0n) is 16.4. The van der Waals surface area contributed by atoms with Crippen LogP contribution in [0.3, 0.4) is 0 Å². The molecular weight excluding hydrogens is 390 g/mol. The molecule has 1 saturated heterocycles. The molecule has 1 aliphatic heterocycles. The molecule has 0 unspecified atom stereocenters. The molecular formula is C18H21N9O3. The van der Waals surface area contributed by atoms with Gasteiger partial charge in [-0.3, -0.25) is 9.69 Å². The zero-order valence-corrected chi connectivity index (χ0v) is 16.4. The van der Waals surface area contributed by atoms with Crippen LogP contribution in [0.2, 0.25) is 0 Å². The first kappa shape index (κ1) is 19.5. The third-order valence-corrected chi connectivity index (χ3v) is 4.72. The number of anilines is 1. The molecule has 3 N–H and O–H groups in total. The Kier molecular flexibility index (Phi) is 5.66. The van der Waals surface area contributed by atoms with E-state index in [1.165, 1.54) is 10.9 Å². The predicted octanol–water partition coefficient (Wildman–Crippen LogP) is 0.601. The second-order valence-corrected chi connectivity index (χ2v) is 6.73. The highest BCUT2D eigenvalue weighted by atomic mass is 16.6. The monoisotopic (exact) mass is 411 g/mol. The Morgan fingerprint density at radius 2 is 2.07 bits per heavy atom. The number of ether oxygens (including phenoxy) is 1. The lowest BCUT2D eigenvalue weighted by Gasteiger charge is -2.13. The lowest BCUT2D eigenvalue weighted by atomic mass is 10.2. The molecule has 0 saturated carbocycles. The largest absolute Gasteiger partial charge is 0.497 e. The molecule has 0 aliphatic carbocycles. The van der Waals surface area contributed by atoms with Crippen molar-refractivity contribution in [2.24, 2.45) is 5.10 Å². The highest BCUT2D eigenvalue weighted by Gasteiger charge is 2.26. The van der Waals surface area contributed by atoms with Crippen molar-refractivity contribution >= 4 is 17.9 Å². The van der Waals surface area contributed by atoms with Crippen LogP contribution >= 0.6 is 0 Å². The van der Waals surface area contributed by atoms with Crippen molar-refractivity contribution < 1.29 is 14.2 Å². The van der Waals surface area contributed by atoms with Gasteiger partial charge in [-0.05, 0) is 66.1 Å². The van der Waals surface area contributed by atoms with E-state index in [0.717, 1.165) is 37.2 Å². The average molecular weight is 411 g/mol. The summed E-state index contributed by atoms with van der Waals surface area (Å²) in [6.07, 6.45) is 3.75. The lowest BCUT2D eigenvalue weighted by Crippen LogP contribution is -2.26. The maximum atomic E-state index is 12.9. The van der Waals surface area contributed by atoms with Crippen molar-refractivity contribution in [2.75, 3.05) is 25.9 Å². The van der Waals surface area contributed by atoms with E-state index in [1.54, 1.807) is 19.2 Å². The minimum absolute atomic E-state index is 0.00315. The summed E-state index contributed by atoms with van der Waals surface area (Å²) in [5.41, 5.74) is 9.76. The summed E-state index contributed by atoms with van der Waals surface area (Å²) < 4.78 is 11.0. The third-order valence-electron chi connectivity index (χ3n) is 4.72. The number of benzene rings is 1. The van der Waals surface area contributed by atoms with Gasteiger partial charge in [0.15, 0.2) is 5.69 Å². The van der Waals surface area contributed by atoms with E-state index < -0.39 is 5.91 Å². The number of nitrogens with zero attached hydrogens (tertiary/aromatic N) is 7. The minimum atomic E-state index is -0.499. The number of amides is 1. The number of hydrazone groups is 1. The number of rotatable bonds is 7. The Labute approximate surface area is 171 Å². The normalized spacial score (nSPS) is 14.4. The first-order valence-electron chi connectivity index (χ1n) is 9.38. The van der Waals surface area contributed by atoms with Gasteiger partial charge in [-0.25, -0.2) is 10.1 Å². The van der Waals surface area contributed by atoms with E-state index in [0.29, 0.717) is 12.2 Å². The molecule has 2 aromatic heterocycles. The van der Waals surface area contributed by atoms with Gasteiger partial charge in [-0.1, -0.05) is 5.21 Å². The second kappa shape index (κ2) is 8.69. The lowest BCUT2D eigenvalue weighted by molar-refractivity contribution is 0.0945. The van der Waals surface area contributed by atoms with Crippen LogP contribution in [-0.4, -0.2) is 62.5 Å². The van der Waals surface area contributed by atoms with Crippen molar-refractivity contribution in [2.45, 2.75) is 19.4 Å². The van der Waals surface area contributed by atoms with Gasteiger partial charge in [0.2, 0.25) is 11.6 Å². The molecule has 1 aromatic carbocycles. The molecule has 1 fully saturated rings. The summed E-state index contributed by atoms with van der Waals surface area (Å²) in [4.78, 5) is 15.1. The predicted molar refractivity (Wildman–Crippen MR) is 106 cm³/mol. The maximum Gasteiger partial charge on any atom is 0.292 e. The van der Waals surface area contributed by atoms with Crippen molar-refractivity contribution in [3.05, 3.63) is 41.2 Å². The van der Waals surface area contributed by atoms with E-state index in [4.69, 9.17) is 10.5 Å². The zero-order chi connectivity index (χ0) is 20.9. The summed E-state index contributed by atoms with van der Waals surface area (Å²) in [6.45, 7) is 2.37. The van der Waals surface area contributed by atoms with Crippen molar-refractivity contribution in [1.29, 1.82) is 0 Å². The molecule has 0 spiro atoms. The Morgan fingerprint density at radius 1 is 1.30 bits per heavy atom. The van der Waals surface area contributed by atoms with Crippen LogP contribution in [0.5, 0.6) is 5.75 Å². The molecule has 0 atom stereocenters. The van der Waals surface area contributed by atoms with E-state index in [2.05, 4.69) is 40.7 Å². The van der Waals surface area contributed by atoms with Crippen LogP contribution in [-0.2, 0) is 6.54 Å². The Morgan fingerprint density at radius 3 is 2.73 bits per heavy atom. The minimum Gasteiger partial charge on any atom is -0.497 e. The van der Waals surface area contributed by atoms with Crippen molar-refractivity contribution in [3.8, 4) is 11.6 Å². The fourth-order valence-corrected chi connectivity index (χ4v) is 3.19. The third kappa shape index (κ3) is 4.12. The Hall–Kier alpha value is -3.80. The highest BCUT2D eigenvalue weighted by molar-refractivity contribution is 5.95. The Bertz CT molecular complexity index is 1040. The van der Waals surface area contributed by atoms with Crippen molar-refractivity contribution in [1.82, 2.24) is 35.6 Å². The molecule has 156 valence electrons. The van der Waals surface area contributed by atoms with Crippen molar-refractivity contribution in [3.63, 3.8) is 0 Å². The number of nitrogens with one attached hydrogen (secondary N) is 1. The topological polar surface area (TPSA) is 150 Å². The summed E-state index contributed by atoms with van der Waals surface area (Å²) in [7, 11) is 1.59. The number of carbonyl (C=O) groups excluding carboxylic acids is 1. The number of carbonyl (C=O) groups is 1. The first-order valence-corrected chi connectivity index (χ1v) is 9.38. The number of hydrogen-bond donors (Lipinski definition) is 2. The van der Waals surface area contributed by atoms with Gasteiger partial charge in [-0.2, -0.15) is 9.78 Å². The Balaban J connectivity index is 1.56. The molecule has 12 nitrogen and oxygen atoms in total. The van der Waals surface area contributed by atoms with E-state index >= 15 is 0 Å². The molecule has 4 rings (SSSR count). The molecule has 3 heterocycles. The molecule has 30 heavy (non-hydrogen) atoms. The molecule has 1 amide bonds. The summed E-state index contributed by atoms with van der Waals surface area (Å²) >= 11 is 0. The number of methoxy groups -OCH3 is 1. The number of hydrogen-bond acceptors (Lipinski definition) is 10. The highest BCUT2D eigenvalue weighted by Crippen LogP contribution is 2.19. The van der Waals surface area contributed by atoms with Gasteiger partial charge in [0, 0.05) is 6.54 Å². The smallest absolute Gasteiger partial charge is 0.292 e. The van der Waals surface area contributed by atoms with Gasteiger partial charge >= 0.3 is 0 Å². The molecule has 1 aliphatic rings. The second-order valence-electron chi connectivity index (χ2n) is 6.73. The van der Waals surface area contributed by atoms with E-state index in [9.17, 15) is 4.79 Å². The summed E-state index contributed by atoms with van der Waals surface area (Å²) in [5.74, 6) is 0.334. The van der Waals surface area contributed by atoms with Crippen LogP contribution in [0, 0.1) is 0 Å². The van der Waals surface area contributed by atoms with E-state index in [-0.39, 0.29) is 17.3 Å². The average Bonchev–Trinajstić information content (AvgIpc) is 3.50. The summed E-state index contributed by atoms with van der Waals surface area (Å²) in [6, 6.07) is 7.25. The van der Waals surface area contributed by atoms with Crippen LogP contribution in [0.15, 0.2) is 34.0 Å². The fourth-order valence-electron chi connectivity index (χ4n) is 3.19. The quantitative estimate of drug-likeness (QED) is 0.421. The van der Waals surface area contributed by atoms with Crippen LogP contribution in [0.25, 0.3) is 5.82 Å². The van der Waals surface area contributed by atoms with Crippen LogP contribution in [0.4, 0.5) is 5.82 Å². The molecule has 12 heteroatoms. The van der Waals surface area contributed by atoms with Gasteiger partial charge < -0.3 is 10.5 Å². The van der Waals surface area contributed by atoms with Gasteiger partial charge in [0.05, 0.1) is 13.3 Å². The molecule has 0 bridgehead atoms. The van der Waals surface area contributed by atoms with E-state index in [1.807, 2.05) is 12.1 Å². The van der Waals surface area contributed by atoms with Crippen LogP contribution in [0.1, 0.15) is 34.6 Å². The summed E-state index contributed by atoms with van der Waals surface area (Å²) in [5, 5.41) is 19.5. The van der Waals surface area contributed by atoms with Gasteiger partial charge in [-0.15, -0.1) is 5.10 Å². The SMILES string of the molecule is COc1ccc(/C=N/NC(=O)c2c(CN3CCCC3)nnn2-c2nonc2N)cc1. The number of nitrogen functional groups attached to an aromatic ring is 1. The standard InChI is InChI=1S/C18H21N9O3/c1-29-13-6-4-12(5-7-13)10-20-22-18(28)15-14(11-26-8-2-3-9-26)21-25-27(15)17-16(19)23-30-24-17/h4-7,10H,2-3,8-9,11H2,1H3,(H2,19,23)(H,22,28)/b20-10+.